The van der Waals surface area contributed by atoms with Crippen molar-refractivity contribution in [3.8, 4) is 11.4 Å². The summed E-state index contributed by atoms with van der Waals surface area (Å²) in [4.78, 5) is 32.0. The third-order valence-corrected chi connectivity index (χ3v) is 6.19. The van der Waals surface area contributed by atoms with E-state index in [2.05, 4.69) is 9.88 Å². The summed E-state index contributed by atoms with van der Waals surface area (Å²) in [6.45, 7) is 0.683. The molecule has 0 aliphatic carbocycles. The number of carbonyl (C=O) groups excluding carboxylic acids is 2. The minimum atomic E-state index is -0.385. The SMILES string of the molecule is CN(CC(=O)Nc1c(Cl)cccc1Cl)C(=O)c1nc(-c2ccccc2)n2c1CCCCC2. The topological polar surface area (TPSA) is 67.2 Å². The molecular formula is C24H24Cl2N4O2. The molecule has 1 N–H and O–H groups in total. The predicted molar refractivity (Wildman–Crippen MR) is 127 cm³/mol. The van der Waals surface area contributed by atoms with E-state index >= 15 is 0 Å². The molecule has 8 heteroatoms. The van der Waals surface area contributed by atoms with Crippen molar-refractivity contribution < 1.29 is 9.59 Å². The van der Waals surface area contributed by atoms with E-state index in [1.54, 1.807) is 25.2 Å². The highest BCUT2D eigenvalue weighted by molar-refractivity contribution is 6.39. The maximum absolute atomic E-state index is 13.3. The molecule has 32 heavy (non-hydrogen) atoms. The Morgan fingerprint density at radius 1 is 1.03 bits per heavy atom. The smallest absolute Gasteiger partial charge is 0.274 e. The summed E-state index contributed by atoms with van der Waals surface area (Å²) < 4.78 is 2.16. The molecule has 0 saturated heterocycles. The highest BCUT2D eigenvalue weighted by atomic mass is 35.5. The van der Waals surface area contributed by atoms with Crippen LogP contribution >= 0.6 is 23.2 Å². The van der Waals surface area contributed by atoms with Gasteiger partial charge in [0.05, 0.1) is 28.0 Å². The Labute approximate surface area is 197 Å². The molecule has 0 spiro atoms. The van der Waals surface area contributed by atoms with Crippen molar-refractivity contribution in [1.29, 1.82) is 0 Å². The average Bonchev–Trinajstić information content (AvgIpc) is 2.97. The number of anilines is 1. The summed E-state index contributed by atoms with van der Waals surface area (Å²) in [5, 5.41) is 3.38. The lowest BCUT2D eigenvalue weighted by Crippen LogP contribution is -2.35. The predicted octanol–water partition coefficient (Wildman–Crippen LogP) is 5.29. The molecule has 0 atom stereocenters. The number of halogens is 2. The Morgan fingerprint density at radius 3 is 2.47 bits per heavy atom. The molecule has 3 aromatic rings. The van der Waals surface area contributed by atoms with Gasteiger partial charge in [-0.05, 0) is 31.4 Å². The van der Waals surface area contributed by atoms with Crippen LogP contribution in [0.25, 0.3) is 11.4 Å². The molecule has 4 rings (SSSR count). The lowest BCUT2D eigenvalue weighted by Gasteiger charge is -2.17. The summed E-state index contributed by atoms with van der Waals surface area (Å²) >= 11 is 12.3. The van der Waals surface area contributed by atoms with Gasteiger partial charge in [-0.3, -0.25) is 9.59 Å². The summed E-state index contributed by atoms with van der Waals surface area (Å²) in [6.07, 6.45) is 3.96. The second-order valence-electron chi connectivity index (χ2n) is 7.87. The molecular weight excluding hydrogens is 447 g/mol. The van der Waals surface area contributed by atoms with Crippen LogP contribution in [-0.2, 0) is 17.8 Å². The van der Waals surface area contributed by atoms with E-state index in [0.717, 1.165) is 49.3 Å². The zero-order chi connectivity index (χ0) is 22.7. The molecule has 0 radical (unpaired) electrons. The number of benzene rings is 2. The van der Waals surface area contributed by atoms with Crippen LogP contribution in [0.3, 0.4) is 0 Å². The monoisotopic (exact) mass is 470 g/mol. The molecule has 6 nitrogen and oxygen atoms in total. The van der Waals surface area contributed by atoms with E-state index in [1.807, 2.05) is 30.3 Å². The van der Waals surface area contributed by atoms with Crippen LogP contribution in [0.4, 0.5) is 5.69 Å². The molecule has 1 aromatic heterocycles. The van der Waals surface area contributed by atoms with Crippen LogP contribution in [0.5, 0.6) is 0 Å². The van der Waals surface area contributed by atoms with Crippen molar-refractivity contribution in [3.05, 3.63) is 70.0 Å². The molecule has 0 unspecified atom stereocenters. The van der Waals surface area contributed by atoms with Crippen LogP contribution in [0.2, 0.25) is 10.0 Å². The fraction of sp³-hybridized carbons (Fsp3) is 0.292. The van der Waals surface area contributed by atoms with Crippen LogP contribution < -0.4 is 5.32 Å². The van der Waals surface area contributed by atoms with Gasteiger partial charge in [-0.15, -0.1) is 0 Å². The molecule has 2 heterocycles. The minimum absolute atomic E-state index is 0.145. The van der Waals surface area contributed by atoms with Gasteiger partial charge >= 0.3 is 0 Å². The molecule has 0 saturated carbocycles. The molecule has 0 bridgehead atoms. The normalized spacial score (nSPS) is 13.2. The van der Waals surface area contributed by atoms with E-state index in [1.165, 1.54) is 4.90 Å². The van der Waals surface area contributed by atoms with Crippen LogP contribution in [0, 0.1) is 0 Å². The molecule has 1 aliphatic rings. The van der Waals surface area contributed by atoms with Crippen molar-refractivity contribution in [2.75, 3.05) is 18.9 Å². The van der Waals surface area contributed by atoms with Gasteiger partial charge in [-0.25, -0.2) is 4.98 Å². The zero-order valence-electron chi connectivity index (χ0n) is 17.8. The number of hydrogen-bond donors (Lipinski definition) is 1. The Balaban J connectivity index is 1.57. The second-order valence-corrected chi connectivity index (χ2v) is 8.68. The van der Waals surface area contributed by atoms with E-state index < -0.39 is 0 Å². The van der Waals surface area contributed by atoms with Gasteiger partial charge < -0.3 is 14.8 Å². The molecule has 2 aromatic carbocycles. The van der Waals surface area contributed by atoms with Crippen LogP contribution in [0.15, 0.2) is 48.5 Å². The third kappa shape index (κ3) is 4.66. The Kier molecular flexibility index (Phi) is 6.82. The van der Waals surface area contributed by atoms with Gasteiger partial charge in [0.15, 0.2) is 0 Å². The first kappa shape index (κ1) is 22.4. The number of aromatic nitrogens is 2. The number of amides is 2. The number of hydrogen-bond acceptors (Lipinski definition) is 3. The molecule has 0 fully saturated rings. The first-order valence-electron chi connectivity index (χ1n) is 10.6. The van der Waals surface area contributed by atoms with Gasteiger partial charge in [-0.1, -0.05) is 66.0 Å². The van der Waals surface area contributed by atoms with Crippen molar-refractivity contribution in [3.63, 3.8) is 0 Å². The Morgan fingerprint density at radius 2 is 1.75 bits per heavy atom. The third-order valence-electron chi connectivity index (χ3n) is 5.56. The van der Waals surface area contributed by atoms with Gasteiger partial charge in [0.2, 0.25) is 5.91 Å². The van der Waals surface area contributed by atoms with Crippen molar-refractivity contribution >= 4 is 40.7 Å². The summed E-state index contributed by atoms with van der Waals surface area (Å²) in [5.41, 5.74) is 2.66. The minimum Gasteiger partial charge on any atom is -0.331 e. The zero-order valence-corrected chi connectivity index (χ0v) is 19.3. The lowest BCUT2D eigenvalue weighted by molar-refractivity contribution is -0.116. The maximum atomic E-state index is 13.3. The van der Waals surface area contributed by atoms with Crippen LogP contribution in [0.1, 0.15) is 35.4 Å². The van der Waals surface area contributed by atoms with Gasteiger partial charge in [0.25, 0.3) is 5.91 Å². The van der Waals surface area contributed by atoms with Crippen LogP contribution in [-0.4, -0.2) is 39.9 Å². The number of carbonyl (C=O) groups is 2. The van der Waals surface area contributed by atoms with E-state index in [0.29, 0.717) is 21.4 Å². The standard InChI is InChI=1S/C24H24Cl2N4O2/c1-29(15-20(31)27-21-17(25)11-8-12-18(21)26)24(32)22-19-13-6-3-7-14-30(19)23(28-22)16-9-4-2-5-10-16/h2,4-5,8-12H,3,6-7,13-15H2,1H3,(H,27,31). The largest absolute Gasteiger partial charge is 0.331 e. The van der Waals surface area contributed by atoms with Gasteiger partial charge in [0, 0.05) is 19.2 Å². The van der Waals surface area contributed by atoms with Gasteiger partial charge in [0.1, 0.15) is 11.5 Å². The van der Waals surface area contributed by atoms with Crippen molar-refractivity contribution in [2.45, 2.75) is 32.2 Å². The second kappa shape index (κ2) is 9.76. The first-order chi connectivity index (χ1) is 15.5. The Bertz CT molecular complexity index is 1120. The van der Waals surface area contributed by atoms with Crippen molar-refractivity contribution in [2.24, 2.45) is 0 Å². The quantitative estimate of drug-likeness (QED) is 0.550. The molecule has 1 aliphatic heterocycles. The summed E-state index contributed by atoms with van der Waals surface area (Å²) in [6, 6.07) is 14.9. The van der Waals surface area contributed by atoms with Gasteiger partial charge in [-0.2, -0.15) is 0 Å². The average molecular weight is 471 g/mol. The fourth-order valence-electron chi connectivity index (χ4n) is 3.96. The number of nitrogens with one attached hydrogen (secondary N) is 1. The number of para-hydroxylation sites is 1. The lowest BCUT2D eigenvalue weighted by atomic mass is 10.1. The molecule has 2 amide bonds. The van der Waals surface area contributed by atoms with E-state index in [4.69, 9.17) is 28.2 Å². The Hall–Kier alpha value is -2.83. The van der Waals surface area contributed by atoms with Crippen molar-refractivity contribution in [1.82, 2.24) is 14.5 Å². The fourth-order valence-corrected chi connectivity index (χ4v) is 4.45. The van der Waals surface area contributed by atoms with E-state index in [9.17, 15) is 9.59 Å². The summed E-state index contributed by atoms with van der Waals surface area (Å²) in [5.74, 6) is 0.134. The number of nitrogens with zero attached hydrogens (tertiary/aromatic N) is 3. The number of likely N-dealkylation sites (N-methyl/N-ethyl adjacent to an activating group) is 1. The number of rotatable bonds is 5. The highest BCUT2D eigenvalue weighted by Gasteiger charge is 2.27. The first-order valence-corrected chi connectivity index (χ1v) is 11.4. The highest BCUT2D eigenvalue weighted by Crippen LogP contribution is 2.30. The number of imidazole rings is 1. The number of fused-ring (bicyclic) bond motifs is 1. The molecule has 166 valence electrons. The summed E-state index contributed by atoms with van der Waals surface area (Å²) in [7, 11) is 1.60. The van der Waals surface area contributed by atoms with E-state index in [-0.39, 0.29) is 18.4 Å². The maximum Gasteiger partial charge on any atom is 0.274 e.